The predicted octanol–water partition coefficient (Wildman–Crippen LogP) is 0.431. The Balaban J connectivity index is 2.25. The van der Waals surface area contributed by atoms with Crippen molar-refractivity contribution in [1.82, 2.24) is 4.90 Å². The standard InChI is InChI=1S/C12H16FN3O/c1-15-6-7-16(11(8-14)12(15)17)10-4-2-9(13)3-5-10/h2-5,11H,6-8,14H2,1H3. The normalized spacial score (nSPS) is 20.9. The molecule has 1 atom stereocenters. The number of carbonyl (C=O) groups excluding carboxylic acids is 1. The Kier molecular flexibility index (Phi) is 3.28. The summed E-state index contributed by atoms with van der Waals surface area (Å²) in [7, 11) is 1.77. The summed E-state index contributed by atoms with van der Waals surface area (Å²) in [6, 6.07) is 5.80. The zero-order valence-corrected chi connectivity index (χ0v) is 9.77. The van der Waals surface area contributed by atoms with Crippen molar-refractivity contribution in [2.45, 2.75) is 6.04 Å². The van der Waals surface area contributed by atoms with Crippen molar-refractivity contribution in [3.05, 3.63) is 30.1 Å². The molecule has 4 nitrogen and oxygen atoms in total. The van der Waals surface area contributed by atoms with Gasteiger partial charge in [-0.3, -0.25) is 4.79 Å². The highest BCUT2D eigenvalue weighted by Crippen LogP contribution is 2.20. The fourth-order valence-corrected chi connectivity index (χ4v) is 2.08. The first-order chi connectivity index (χ1) is 8.13. The summed E-state index contributed by atoms with van der Waals surface area (Å²) >= 11 is 0. The van der Waals surface area contributed by atoms with Crippen LogP contribution in [0.25, 0.3) is 0 Å². The fraction of sp³-hybridized carbons (Fsp3) is 0.417. The molecular weight excluding hydrogens is 221 g/mol. The lowest BCUT2D eigenvalue weighted by Crippen LogP contribution is -2.58. The first kappa shape index (κ1) is 11.9. The van der Waals surface area contributed by atoms with Crippen molar-refractivity contribution in [2.24, 2.45) is 5.73 Å². The number of amides is 1. The zero-order valence-electron chi connectivity index (χ0n) is 9.77. The quantitative estimate of drug-likeness (QED) is 0.811. The molecule has 92 valence electrons. The number of piperazine rings is 1. The Labute approximate surface area is 99.8 Å². The van der Waals surface area contributed by atoms with Crippen LogP contribution in [0, 0.1) is 5.82 Å². The molecule has 1 aromatic rings. The molecule has 1 aromatic carbocycles. The van der Waals surface area contributed by atoms with Crippen LogP contribution in [-0.2, 0) is 4.79 Å². The summed E-state index contributed by atoms with van der Waals surface area (Å²) in [6.45, 7) is 1.64. The van der Waals surface area contributed by atoms with Gasteiger partial charge in [0.1, 0.15) is 11.9 Å². The highest BCUT2D eigenvalue weighted by Gasteiger charge is 2.31. The van der Waals surface area contributed by atoms with E-state index in [1.54, 1.807) is 24.1 Å². The van der Waals surface area contributed by atoms with Gasteiger partial charge in [0.15, 0.2) is 0 Å². The lowest BCUT2D eigenvalue weighted by atomic mass is 10.1. The Morgan fingerprint density at radius 2 is 2.00 bits per heavy atom. The molecule has 0 saturated carbocycles. The Morgan fingerprint density at radius 3 is 2.59 bits per heavy atom. The first-order valence-electron chi connectivity index (χ1n) is 5.60. The van der Waals surface area contributed by atoms with Gasteiger partial charge in [0.2, 0.25) is 5.91 Å². The van der Waals surface area contributed by atoms with Crippen molar-refractivity contribution in [1.29, 1.82) is 0 Å². The number of nitrogens with zero attached hydrogens (tertiary/aromatic N) is 2. The van der Waals surface area contributed by atoms with E-state index in [4.69, 9.17) is 5.73 Å². The topological polar surface area (TPSA) is 49.6 Å². The monoisotopic (exact) mass is 237 g/mol. The molecule has 0 radical (unpaired) electrons. The molecule has 0 spiro atoms. The molecule has 1 saturated heterocycles. The molecular formula is C12H16FN3O. The van der Waals surface area contributed by atoms with E-state index in [1.165, 1.54) is 12.1 Å². The highest BCUT2D eigenvalue weighted by atomic mass is 19.1. The molecule has 2 N–H and O–H groups in total. The van der Waals surface area contributed by atoms with Gasteiger partial charge in [0.05, 0.1) is 0 Å². The van der Waals surface area contributed by atoms with Crippen molar-refractivity contribution < 1.29 is 9.18 Å². The molecule has 1 aliphatic rings. The second kappa shape index (κ2) is 4.71. The maximum atomic E-state index is 12.9. The lowest BCUT2D eigenvalue weighted by molar-refractivity contribution is -0.132. The van der Waals surface area contributed by atoms with Crippen LogP contribution < -0.4 is 10.6 Å². The van der Waals surface area contributed by atoms with Crippen molar-refractivity contribution in [2.75, 3.05) is 31.6 Å². The maximum absolute atomic E-state index is 12.9. The zero-order chi connectivity index (χ0) is 12.4. The van der Waals surface area contributed by atoms with Gasteiger partial charge >= 0.3 is 0 Å². The van der Waals surface area contributed by atoms with Gasteiger partial charge in [-0.05, 0) is 24.3 Å². The third kappa shape index (κ3) is 2.24. The number of likely N-dealkylation sites (N-methyl/N-ethyl adjacent to an activating group) is 1. The van der Waals surface area contributed by atoms with E-state index in [2.05, 4.69) is 0 Å². The summed E-state index contributed by atoms with van der Waals surface area (Å²) in [4.78, 5) is 15.5. The fourth-order valence-electron chi connectivity index (χ4n) is 2.08. The molecule has 2 rings (SSSR count). The third-order valence-electron chi connectivity index (χ3n) is 3.10. The van der Waals surface area contributed by atoms with E-state index >= 15 is 0 Å². The molecule has 1 fully saturated rings. The second-order valence-corrected chi connectivity index (χ2v) is 4.18. The average Bonchev–Trinajstić information content (AvgIpc) is 2.34. The van der Waals surface area contributed by atoms with Gasteiger partial charge in [-0.25, -0.2) is 4.39 Å². The van der Waals surface area contributed by atoms with E-state index in [-0.39, 0.29) is 24.3 Å². The number of benzene rings is 1. The molecule has 1 unspecified atom stereocenters. The number of nitrogens with two attached hydrogens (primary N) is 1. The van der Waals surface area contributed by atoms with Crippen LogP contribution in [0.1, 0.15) is 0 Å². The maximum Gasteiger partial charge on any atom is 0.246 e. The van der Waals surface area contributed by atoms with Crippen LogP contribution in [0.4, 0.5) is 10.1 Å². The number of hydrogen-bond donors (Lipinski definition) is 1. The number of rotatable bonds is 2. The van der Waals surface area contributed by atoms with E-state index in [9.17, 15) is 9.18 Å². The summed E-state index contributed by atoms with van der Waals surface area (Å²) in [5, 5.41) is 0. The van der Waals surface area contributed by atoms with Crippen molar-refractivity contribution >= 4 is 11.6 Å². The Morgan fingerprint density at radius 1 is 1.35 bits per heavy atom. The van der Waals surface area contributed by atoms with E-state index < -0.39 is 0 Å². The van der Waals surface area contributed by atoms with Gasteiger partial charge in [0.25, 0.3) is 0 Å². The van der Waals surface area contributed by atoms with Crippen molar-refractivity contribution in [3.63, 3.8) is 0 Å². The first-order valence-corrected chi connectivity index (χ1v) is 5.60. The van der Waals surface area contributed by atoms with Gasteiger partial charge in [-0.2, -0.15) is 0 Å². The SMILES string of the molecule is CN1CCN(c2ccc(F)cc2)C(CN)C1=O. The van der Waals surface area contributed by atoms with Gasteiger partial charge in [-0.1, -0.05) is 0 Å². The summed E-state index contributed by atoms with van der Waals surface area (Å²) in [5.74, 6) is -0.262. The molecule has 1 heterocycles. The minimum Gasteiger partial charge on any atom is -0.357 e. The van der Waals surface area contributed by atoms with E-state index in [1.807, 2.05) is 4.90 Å². The second-order valence-electron chi connectivity index (χ2n) is 4.18. The Hall–Kier alpha value is -1.62. The molecule has 1 amide bonds. The van der Waals surface area contributed by atoms with Gasteiger partial charge in [0, 0.05) is 32.4 Å². The molecule has 5 heteroatoms. The summed E-state index contributed by atoms with van der Waals surface area (Å²) in [6.07, 6.45) is 0. The van der Waals surface area contributed by atoms with Gasteiger partial charge in [-0.15, -0.1) is 0 Å². The Bertz CT molecular complexity index is 407. The summed E-state index contributed by atoms with van der Waals surface area (Å²) < 4.78 is 12.9. The van der Waals surface area contributed by atoms with Crippen LogP contribution >= 0.6 is 0 Å². The smallest absolute Gasteiger partial charge is 0.246 e. The van der Waals surface area contributed by atoms with Gasteiger partial charge < -0.3 is 15.5 Å². The number of halogens is 1. The number of carbonyl (C=O) groups is 1. The van der Waals surface area contributed by atoms with Crippen LogP contribution in [0.2, 0.25) is 0 Å². The summed E-state index contributed by atoms with van der Waals surface area (Å²) in [5.41, 5.74) is 6.49. The largest absolute Gasteiger partial charge is 0.357 e. The molecule has 0 aliphatic carbocycles. The van der Waals surface area contributed by atoms with Crippen LogP contribution in [0.5, 0.6) is 0 Å². The average molecular weight is 237 g/mol. The van der Waals surface area contributed by atoms with Crippen LogP contribution in [0.3, 0.4) is 0 Å². The molecule has 17 heavy (non-hydrogen) atoms. The number of anilines is 1. The van der Waals surface area contributed by atoms with E-state index in [0.717, 1.165) is 12.2 Å². The van der Waals surface area contributed by atoms with Crippen LogP contribution in [0.15, 0.2) is 24.3 Å². The minimum absolute atomic E-state index is 0.0167. The predicted molar refractivity (Wildman–Crippen MR) is 64.2 cm³/mol. The number of hydrogen-bond acceptors (Lipinski definition) is 3. The molecule has 0 bridgehead atoms. The lowest BCUT2D eigenvalue weighted by Gasteiger charge is -2.40. The van der Waals surface area contributed by atoms with Crippen molar-refractivity contribution in [3.8, 4) is 0 Å². The minimum atomic E-state index is -0.348. The molecule has 0 aromatic heterocycles. The third-order valence-corrected chi connectivity index (χ3v) is 3.10. The highest BCUT2D eigenvalue weighted by molar-refractivity contribution is 5.86. The van der Waals surface area contributed by atoms with E-state index in [0.29, 0.717) is 6.54 Å². The van der Waals surface area contributed by atoms with Crippen LogP contribution in [-0.4, -0.2) is 43.5 Å². The molecule has 1 aliphatic heterocycles.